The van der Waals surface area contributed by atoms with Crippen molar-refractivity contribution in [3.05, 3.63) is 59.6 Å². The maximum atomic E-state index is 12.2. The van der Waals surface area contributed by atoms with Crippen molar-refractivity contribution < 1.29 is 9.53 Å². The zero-order valence-corrected chi connectivity index (χ0v) is 17.2. The molecule has 1 aromatic heterocycles. The molecule has 0 spiro atoms. The molecule has 1 saturated heterocycles. The Kier molecular flexibility index (Phi) is 6.60. The number of ether oxygens (including phenoxy) is 1. The van der Waals surface area contributed by atoms with Gasteiger partial charge in [0.25, 0.3) is 0 Å². The topological polar surface area (TPSA) is 58.8 Å². The van der Waals surface area contributed by atoms with E-state index in [1.54, 1.807) is 30.5 Å². The zero-order chi connectivity index (χ0) is 20.8. The second kappa shape index (κ2) is 9.73. The summed E-state index contributed by atoms with van der Waals surface area (Å²) in [6.45, 7) is 10.5. The fraction of sp³-hybridized carbons (Fsp3) is 0.458. The quantitative estimate of drug-likeness (QED) is 0.660. The fourth-order valence-corrected chi connectivity index (χ4v) is 3.81. The summed E-state index contributed by atoms with van der Waals surface area (Å²) >= 11 is 0. The van der Waals surface area contributed by atoms with Crippen LogP contribution in [-0.2, 0) is 11.2 Å². The van der Waals surface area contributed by atoms with Gasteiger partial charge in [-0.25, -0.2) is 9.83 Å². The number of hydrogen-bond donors (Lipinski definition) is 1. The van der Waals surface area contributed by atoms with E-state index >= 15 is 0 Å². The van der Waals surface area contributed by atoms with E-state index in [1.165, 1.54) is 19.4 Å². The first kappa shape index (κ1) is 20.4. The van der Waals surface area contributed by atoms with Crippen LogP contribution >= 0.6 is 0 Å². The third kappa shape index (κ3) is 6.04. The second-order valence-corrected chi connectivity index (χ2v) is 8.28. The standard InChI is InChI=1S/C24H28N4O2/c1-25-20-3-2-4-21(15-20)27-23(29)9-7-18-8-10-24(26-16-18)30-22-11-13-28(14-12-22)17-19-5-6-19/h2-4,8,10,15-16,19,22H,5-7,9,11-14,17H2,(H,27,29). The lowest BCUT2D eigenvalue weighted by molar-refractivity contribution is -0.116. The molecule has 1 amide bonds. The molecule has 30 heavy (non-hydrogen) atoms. The summed E-state index contributed by atoms with van der Waals surface area (Å²) < 4.78 is 6.06. The Labute approximate surface area is 178 Å². The number of aromatic nitrogens is 1. The molecular weight excluding hydrogens is 376 g/mol. The molecule has 0 unspecified atom stereocenters. The van der Waals surface area contributed by atoms with Crippen LogP contribution in [0.5, 0.6) is 5.88 Å². The van der Waals surface area contributed by atoms with E-state index in [4.69, 9.17) is 11.3 Å². The van der Waals surface area contributed by atoms with Gasteiger partial charge in [-0.2, -0.15) is 0 Å². The number of nitrogens with zero attached hydrogens (tertiary/aromatic N) is 3. The number of carbonyl (C=O) groups is 1. The Balaban J connectivity index is 1.19. The van der Waals surface area contributed by atoms with Crippen LogP contribution in [-0.4, -0.2) is 41.5 Å². The van der Waals surface area contributed by atoms with E-state index in [0.717, 1.165) is 37.4 Å². The number of carbonyl (C=O) groups excluding carboxylic acids is 1. The van der Waals surface area contributed by atoms with Gasteiger partial charge in [0.15, 0.2) is 5.69 Å². The minimum atomic E-state index is -0.0737. The number of piperidine rings is 1. The molecule has 2 aromatic rings. The average molecular weight is 405 g/mol. The maximum Gasteiger partial charge on any atom is 0.224 e. The van der Waals surface area contributed by atoms with Crippen molar-refractivity contribution in [2.45, 2.75) is 44.6 Å². The molecule has 2 heterocycles. The molecule has 6 heteroatoms. The molecule has 2 aliphatic rings. The molecule has 4 rings (SSSR count). The molecule has 1 aliphatic carbocycles. The van der Waals surface area contributed by atoms with Crippen LogP contribution in [0.15, 0.2) is 42.6 Å². The molecule has 6 nitrogen and oxygen atoms in total. The van der Waals surface area contributed by atoms with Gasteiger partial charge >= 0.3 is 0 Å². The third-order valence-corrected chi connectivity index (χ3v) is 5.73. The third-order valence-electron chi connectivity index (χ3n) is 5.73. The van der Waals surface area contributed by atoms with Crippen molar-refractivity contribution in [2.24, 2.45) is 5.92 Å². The molecule has 1 aliphatic heterocycles. The van der Waals surface area contributed by atoms with Crippen LogP contribution in [0.25, 0.3) is 4.85 Å². The van der Waals surface area contributed by atoms with Crippen LogP contribution in [0.1, 0.15) is 37.7 Å². The van der Waals surface area contributed by atoms with Crippen LogP contribution in [0.2, 0.25) is 0 Å². The van der Waals surface area contributed by atoms with Gasteiger partial charge in [-0.05, 0) is 55.7 Å². The molecule has 1 N–H and O–H groups in total. The molecule has 1 saturated carbocycles. The van der Waals surface area contributed by atoms with Crippen LogP contribution in [0, 0.1) is 12.5 Å². The van der Waals surface area contributed by atoms with Gasteiger partial charge in [0, 0.05) is 44.0 Å². The molecule has 0 bridgehead atoms. The van der Waals surface area contributed by atoms with Gasteiger partial charge < -0.3 is 15.0 Å². The van der Waals surface area contributed by atoms with Gasteiger partial charge in [-0.15, -0.1) is 0 Å². The summed E-state index contributed by atoms with van der Waals surface area (Å²) in [6, 6.07) is 10.8. The fourth-order valence-electron chi connectivity index (χ4n) is 3.81. The first-order valence-corrected chi connectivity index (χ1v) is 10.8. The van der Waals surface area contributed by atoms with Gasteiger partial charge in [-0.1, -0.05) is 18.2 Å². The molecule has 2 fully saturated rings. The van der Waals surface area contributed by atoms with E-state index in [0.29, 0.717) is 30.1 Å². The van der Waals surface area contributed by atoms with Crippen molar-refractivity contribution in [1.29, 1.82) is 0 Å². The summed E-state index contributed by atoms with van der Waals surface area (Å²) in [5.74, 6) is 1.54. The van der Waals surface area contributed by atoms with Crippen molar-refractivity contribution in [1.82, 2.24) is 9.88 Å². The monoisotopic (exact) mass is 404 g/mol. The van der Waals surface area contributed by atoms with Crippen molar-refractivity contribution >= 4 is 17.3 Å². The summed E-state index contributed by atoms with van der Waals surface area (Å²) in [5.41, 5.74) is 2.17. The Bertz CT molecular complexity index is 894. The average Bonchev–Trinajstić information content (AvgIpc) is 3.59. The van der Waals surface area contributed by atoms with Gasteiger partial charge in [-0.3, -0.25) is 4.79 Å². The number of hydrogen-bond acceptors (Lipinski definition) is 4. The summed E-state index contributed by atoms with van der Waals surface area (Å²) in [5, 5.41) is 2.84. The normalized spacial score (nSPS) is 17.3. The maximum absolute atomic E-state index is 12.2. The minimum Gasteiger partial charge on any atom is -0.474 e. The van der Waals surface area contributed by atoms with Gasteiger partial charge in [0.2, 0.25) is 11.8 Å². The summed E-state index contributed by atoms with van der Waals surface area (Å²) in [7, 11) is 0. The van der Waals surface area contributed by atoms with E-state index < -0.39 is 0 Å². The first-order chi connectivity index (χ1) is 14.7. The van der Waals surface area contributed by atoms with Gasteiger partial charge in [0.05, 0.1) is 6.57 Å². The van der Waals surface area contributed by atoms with E-state index in [9.17, 15) is 4.79 Å². The predicted octanol–water partition coefficient (Wildman–Crippen LogP) is 4.46. The van der Waals surface area contributed by atoms with Crippen LogP contribution in [0.4, 0.5) is 11.4 Å². The van der Waals surface area contributed by atoms with Crippen molar-refractivity contribution in [2.75, 3.05) is 25.0 Å². The molecule has 156 valence electrons. The van der Waals surface area contributed by atoms with E-state index in [2.05, 4.69) is 20.0 Å². The van der Waals surface area contributed by atoms with Crippen molar-refractivity contribution in [3.8, 4) is 5.88 Å². The molecular formula is C24H28N4O2. The van der Waals surface area contributed by atoms with Crippen LogP contribution < -0.4 is 10.1 Å². The highest BCUT2D eigenvalue weighted by Gasteiger charge is 2.27. The predicted molar refractivity (Wildman–Crippen MR) is 117 cm³/mol. The Morgan fingerprint density at radius 2 is 2.03 bits per heavy atom. The Morgan fingerprint density at radius 1 is 1.20 bits per heavy atom. The van der Waals surface area contributed by atoms with E-state index in [-0.39, 0.29) is 12.0 Å². The highest BCUT2D eigenvalue weighted by molar-refractivity contribution is 5.91. The Morgan fingerprint density at radius 3 is 2.73 bits per heavy atom. The minimum absolute atomic E-state index is 0.0737. The number of likely N-dealkylation sites (tertiary alicyclic amines) is 1. The molecule has 0 radical (unpaired) electrons. The lowest BCUT2D eigenvalue weighted by atomic mass is 10.1. The largest absolute Gasteiger partial charge is 0.474 e. The van der Waals surface area contributed by atoms with E-state index in [1.807, 2.05) is 12.1 Å². The molecule has 1 aromatic carbocycles. The second-order valence-electron chi connectivity index (χ2n) is 8.28. The smallest absolute Gasteiger partial charge is 0.224 e. The van der Waals surface area contributed by atoms with Crippen molar-refractivity contribution in [3.63, 3.8) is 0 Å². The lowest BCUT2D eigenvalue weighted by Gasteiger charge is -2.31. The summed E-state index contributed by atoms with van der Waals surface area (Å²) in [6.07, 6.45) is 7.95. The summed E-state index contributed by atoms with van der Waals surface area (Å²) in [4.78, 5) is 22.6. The highest BCUT2D eigenvalue weighted by atomic mass is 16.5. The SMILES string of the molecule is [C-]#[N+]c1cccc(NC(=O)CCc2ccc(OC3CCN(CC4CC4)CC3)nc2)c1. The number of amides is 1. The van der Waals surface area contributed by atoms with Gasteiger partial charge in [0.1, 0.15) is 6.10 Å². The zero-order valence-electron chi connectivity index (χ0n) is 17.2. The van der Waals surface area contributed by atoms with Crippen LogP contribution in [0.3, 0.4) is 0 Å². The number of aryl methyl sites for hydroxylation is 1. The highest BCUT2D eigenvalue weighted by Crippen LogP contribution is 2.30. The number of pyridine rings is 1. The first-order valence-electron chi connectivity index (χ1n) is 10.8. The number of anilines is 1. The number of rotatable bonds is 8. The molecule has 0 atom stereocenters. The Hall–Kier alpha value is -2.91. The number of benzene rings is 1. The number of nitrogens with one attached hydrogen (secondary N) is 1. The lowest BCUT2D eigenvalue weighted by Crippen LogP contribution is -2.39.